The summed E-state index contributed by atoms with van der Waals surface area (Å²) in [5, 5.41) is 10.4. The second-order valence-electron chi connectivity index (χ2n) is 13.4. The zero-order valence-corrected chi connectivity index (χ0v) is 25.8. The number of anilines is 2. The predicted molar refractivity (Wildman–Crippen MR) is 162 cm³/mol. The van der Waals surface area contributed by atoms with E-state index in [0.717, 1.165) is 60.4 Å². The molecule has 3 aromatic rings. The van der Waals surface area contributed by atoms with Crippen molar-refractivity contribution in [2.24, 2.45) is 5.41 Å². The van der Waals surface area contributed by atoms with Crippen LogP contribution in [-0.2, 0) is 22.5 Å². The van der Waals surface area contributed by atoms with Gasteiger partial charge in [0, 0.05) is 48.7 Å². The van der Waals surface area contributed by atoms with Crippen LogP contribution in [0.3, 0.4) is 0 Å². The fourth-order valence-corrected chi connectivity index (χ4v) is 6.10. The van der Waals surface area contributed by atoms with Crippen LogP contribution in [0.25, 0.3) is 11.1 Å². The van der Waals surface area contributed by atoms with Gasteiger partial charge in [-0.05, 0) is 76.0 Å². The number of ether oxygens (including phenoxy) is 1. The highest BCUT2D eigenvalue weighted by atomic mass is 19.1. The van der Waals surface area contributed by atoms with Gasteiger partial charge in [-0.2, -0.15) is 0 Å². The zero-order valence-electron chi connectivity index (χ0n) is 25.8. The van der Waals surface area contributed by atoms with Crippen LogP contribution in [0, 0.1) is 25.1 Å². The zero-order chi connectivity index (χ0) is 30.4. The maximum atomic E-state index is 13.4. The van der Waals surface area contributed by atoms with E-state index < -0.39 is 23.5 Å². The van der Waals surface area contributed by atoms with Crippen LogP contribution in [0.1, 0.15) is 81.6 Å². The number of aromatic nitrogens is 3. The van der Waals surface area contributed by atoms with Gasteiger partial charge in [0.1, 0.15) is 0 Å². The summed E-state index contributed by atoms with van der Waals surface area (Å²) in [6, 6.07) is 6.45. The third kappa shape index (κ3) is 6.26. The number of benzene rings is 1. The van der Waals surface area contributed by atoms with Gasteiger partial charge in [0.2, 0.25) is 5.95 Å². The molecular weight excluding hydrogens is 533 g/mol. The van der Waals surface area contributed by atoms with Gasteiger partial charge in [0.15, 0.2) is 11.9 Å². The van der Waals surface area contributed by atoms with Crippen molar-refractivity contribution in [3.05, 3.63) is 64.5 Å². The topological polar surface area (TPSA) is 91.7 Å². The van der Waals surface area contributed by atoms with Gasteiger partial charge >= 0.3 is 5.97 Å². The SMILES string of the molecule is Cc1nc(C)c(C(OC(C)(C)C)C(=O)O)c(N2CCC(C)(C)CC2)c1-c1ccc2c(c1)CCN(c1ncc(F)cn1)C2. The van der Waals surface area contributed by atoms with E-state index in [-0.39, 0.29) is 5.41 Å². The summed E-state index contributed by atoms with van der Waals surface area (Å²) in [6.07, 6.45) is 4.05. The molecule has 2 aromatic heterocycles. The van der Waals surface area contributed by atoms with Crippen LogP contribution in [-0.4, -0.2) is 51.3 Å². The number of hydrogen-bond acceptors (Lipinski definition) is 7. The molecule has 0 spiro atoms. The number of nitrogens with zero attached hydrogens (tertiary/aromatic N) is 5. The molecule has 0 saturated carbocycles. The highest BCUT2D eigenvalue weighted by Gasteiger charge is 2.36. The number of carboxylic acid groups (broad SMARTS) is 1. The average Bonchev–Trinajstić information content (AvgIpc) is 2.91. The number of rotatable bonds is 6. The highest BCUT2D eigenvalue weighted by Crippen LogP contribution is 2.45. The van der Waals surface area contributed by atoms with E-state index in [0.29, 0.717) is 30.3 Å². The van der Waals surface area contributed by atoms with Crippen LogP contribution < -0.4 is 9.80 Å². The Morgan fingerprint density at radius 1 is 1.02 bits per heavy atom. The molecule has 2 aliphatic heterocycles. The third-order valence-electron chi connectivity index (χ3n) is 8.37. The number of aryl methyl sites for hydroxylation is 2. The van der Waals surface area contributed by atoms with Crippen LogP contribution in [0.2, 0.25) is 0 Å². The fraction of sp³-hybridized carbons (Fsp3) is 0.515. The molecule has 0 bridgehead atoms. The number of carboxylic acids is 1. The Morgan fingerprint density at radius 3 is 2.31 bits per heavy atom. The van der Waals surface area contributed by atoms with E-state index in [1.165, 1.54) is 18.0 Å². The van der Waals surface area contributed by atoms with E-state index in [2.05, 4.69) is 51.8 Å². The Labute approximate surface area is 248 Å². The quantitative estimate of drug-likeness (QED) is 0.360. The molecule has 2 aliphatic rings. The van der Waals surface area contributed by atoms with Crippen molar-refractivity contribution in [2.75, 3.05) is 29.4 Å². The minimum atomic E-state index is -1.15. The van der Waals surface area contributed by atoms with E-state index in [4.69, 9.17) is 9.72 Å². The van der Waals surface area contributed by atoms with Crippen LogP contribution in [0.5, 0.6) is 0 Å². The normalized spacial score (nSPS) is 17.6. The lowest BCUT2D eigenvalue weighted by atomic mass is 9.81. The van der Waals surface area contributed by atoms with Gasteiger partial charge in [-0.25, -0.2) is 19.2 Å². The molecule has 224 valence electrons. The Bertz CT molecular complexity index is 1470. The van der Waals surface area contributed by atoms with Gasteiger partial charge in [0.25, 0.3) is 0 Å². The van der Waals surface area contributed by atoms with Gasteiger partial charge in [0.05, 0.1) is 23.7 Å². The summed E-state index contributed by atoms with van der Waals surface area (Å²) in [5.74, 6) is -0.951. The molecule has 4 heterocycles. The van der Waals surface area contributed by atoms with Gasteiger partial charge in [-0.1, -0.05) is 32.0 Å². The molecule has 0 aliphatic carbocycles. The van der Waals surface area contributed by atoms with Gasteiger partial charge in [-0.15, -0.1) is 0 Å². The van der Waals surface area contributed by atoms with Gasteiger partial charge < -0.3 is 19.6 Å². The predicted octanol–water partition coefficient (Wildman–Crippen LogP) is 6.42. The maximum Gasteiger partial charge on any atom is 0.337 e. The maximum absolute atomic E-state index is 13.4. The lowest BCUT2D eigenvalue weighted by Crippen LogP contribution is -2.39. The van der Waals surface area contributed by atoms with Crippen LogP contribution >= 0.6 is 0 Å². The molecule has 0 radical (unpaired) electrons. The van der Waals surface area contributed by atoms with Crippen molar-refractivity contribution < 1.29 is 19.0 Å². The second kappa shape index (κ2) is 11.2. The average molecular weight is 576 g/mol. The Kier molecular flexibility index (Phi) is 8.00. The number of pyridine rings is 1. The monoisotopic (exact) mass is 575 g/mol. The molecule has 1 unspecified atom stereocenters. The molecule has 9 heteroatoms. The molecule has 1 aromatic carbocycles. The van der Waals surface area contributed by atoms with E-state index in [9.17, 15) is 14.3 Å². The third-order valence-corrected chi connectivity index (χ3v) is 8.37. The Balaban J connectivity index is 1.61. The Morgan fingerprint density at radius 2 is 1.69 bits per heavy atom. The molecule has 1 atom stereocenters. The first-order valence-corrected chi connectivity index (χ1v) is 14.7. The van der Waals surface area contributed by atoms with Crippen LogP contribution in [0.15, 0.2) is 30.6 Å². The van der Waals surface area contributed by atoms with Crippen LogP contribution in [0.4, 0.5) is 16.0 Å². The molecule has 1 N–H and O–H groups in total. The molecule has 42 heavy (non-hydrogen) atoms. The molecule has 8 nitrogen and oxygen atoms in total. The van der Waals surface area contributed by atoms with E-state index in [1.807, 2.05) is 34.6 Å². The standard InChI is InChI=1S/C33H42FN5O3/c1-20-26(23-8-9-24-19-39(13-10-22(24)16-23)31-35-17-25(34)18-36-31)28(38-14-11-33(6,7)12-15-38)27(21(2)37-20)29(30(40)41)42-32(3,4)5/h8-9,16-18,29H,10-15,19H2,1-7H3,(H,40,41). The fourth-order valence-electron chi connectivity index (χ4n) is 6.10. The number of carbonyl (C=O) groups is 1. The Hall–Kier alpha value is -3.59. The summed E-state index contributed by atoms with van der Waals surface area (Å²) >= 11 is 0. The van der Waals surface area contributed by atoms with Crippen molar-refractivity contribution in [3.63, 3.8) is 0 Å². The summed E-state index contributed by atoms with van der Waals surface area (Å²) < 4.78 is 19.6. The minimum Gasteiger partial charge on any atom is -0.479 e. The summed E-state index contributed by atoms with van der Waals surface area (Å²) in [4.78, 5) is 30.4. The van der Waals surface area contributed by atoms with Crippen molar-refractivity contribution in [2.45, 2.75) is 86.0 Å². The molecule has 1 fully saturated rings. The number of fused-ring (bicyclic) bond motifs is 1. The molecule has 5 rings (SSSR count). The number of hydrogen-bond donors (Lipinski definition) is 1. The summed E-state index contributed by atoms with van der Waals surface area (Å²) in [7, 11) is 0. The molecule has 0 amide bonds. The smallest absolute Gasteiger partial charge is 0.337 e. The second-order valence-corrected chi connectivity index (χ2v) is 13.4. The summed E-state index contributed by atoms with van der Waals surface area (Å²) in [5.41, 5.74) is 7.04. The first-order valence-electron chi connectivity index (χ1n) is 14.7. The molecular formula is C33H42FN5O3. The lowest BCUT2D eigenvalue weighted by Gasteiger charge is -2.41. The number of piperidine rings is 1. The van der Waals surface area contributed by atoms with Crippen molar-refractivity contribution in [1.29, 1.82) is 0 Å². The first kappa shape index (κ1) is 29.9. The van der Waals surface area contributed by atoms with Crippen molar-refractivity contribution in [1.82, 2.24) is 15.0 Å². The van der Waals surface area contributed by atoms with Crippen molar-refractivity contribution >= 4 is 17.6 Å². The number of halogens is 1. The minimum absolute atomic E-state index is 0.230. The highest BCUT2D eigenvalue weighted by molar-refractivity contribution is 5.88. The number of aliphatic carboxylic acids is 1. The first-order chi connectivity index (χ1) is 19.7. The lowest BCUT2D eigenvalue weighted by molar-refractivity contribution is -0.160. The van der Waals surface area contributed by atoms with Gasteiger partial charge in [-0.3, -0.25) is 4.98 Å². The van der Waals surface area contributed by atoms with E-state index in [1.54, 1.807) is 0 Å². The largest absolute Gasteiger partial charge is 0.479 e. The van der Waals surface area contributed by atoms with E-state index >= 15 is 0 Å². The van der Waals surface area contributed by atoms with Crippen molar-refractivity contribution in [3.8, 4) is 11.1 Å². The summed E-state index contributed by atoms with van der Waals surface area (Å²) in [6.45, 7) is 17.1. The molecule has 1 saturated heterocycles.